The van der Waals surface area contributed by atoms with E-state index in [0.717, 1.165) is 8.92 Å². The third-order valence-electron chi connectivity index (χ3n) is 2.03. The van der Waals surface area contributed by atoms with Gasteiger partial charge in [-0.3, -0.25) is 0 Å². The van der Waals surface area contributed by atoms with Crippen LogP contribution in [0.25, 0.3) is 0 Å². The molecule has 2 heterocycles. The molecule has 0 spiro atoms. The predicted octanol–water partition coefficient (Wildman–Crippen LogP) is 2.50. The monoisotopic (exact) mass is 232 g/mol. The molecule has 0 N–H and O–H groups in total. The van der Waals surface area contributed by atoms with Crippen LogP contribution in [0.15, 0.2) is 9.98 Å². The molecule has 4 heteroatoms. The fraction of sp³-hybridized carbons (Fsp3) is 0.571. The summed E-state index contributed by atoms with van der Waals surface area (Å²) in [5.74, 6) is 0. The van der Waals surface area contributed by atoms with Gasteiger partial charge in [0.15, 0.2) is 5.13 Å². The number of hydrogen-bond donors (Lipinski definition) is 0. The quantitative estimate of drug-likeness (QED) is 0.740. The molecular formula is C7H9BrN2S. The Morgan fingerprint density at radius 3 is 3.00 bits per heavy atom. The van der Waals surface area contributed by atoms with Crippen LogP contribution in [0.5, 0.6) is 0 Å². The van der Waals surface area contributed by atoms with E-state index < -0.39 is 0 Å². The van der Waals surface area contributed by atoms with E-state index >= 15 is 0 Å². The second-order valence-electron chi connectivity index (χ2n) is 2.78. The first-order valence-corrected chi connectivity index (χ1v) is 5.26. The number of thiazole rings is 1. The second kappa shape index (κ2) is 2.75. The van der Waals surface area contributed by atoms with Crippen molar-refractivity contribution in [2.45, 2.75) is 19.4 Å². The summed E-state index contributed by atoms with van der Waals surface area (Å²) >= 11 is 5.11. The van der Waals surface area contributed by atoms with Crippen molar-refractivity contribution in [3.05, 3.63) is 9.98 Å². The fourth-order valence-corrected chi connectivity index (χ4v) is 2.49. The zero-order chi connectivity index (χ0) is 7.84. The molecule has 0 bridgehead atoms. The van der Waals surface area contributed by atoms with Crippen molar-refractivity contribution in [2.24, 2.45) is 0 Å². The zero-order valence-electron chi connectivity index (χ0n) is 6.25. The molecule has 1 saturated heterocycles. The molecule has 1 aliphatic heterocycles. The summed E-state index contributed by atoms with van der Waals surface area (Å²) in [6, 6.07) is 0.688. The Kier molecular flexibility index (Phi) is 1.89. The lowest BCUT2D eigenvalue weighted by molar-refractivity contribution is 0.480. The largest absolute Gasteiger partial charge is 0.345 e. The van der Waals surface area contributed by atoms with Gasteiger partial charge < -0.3 is 4.90 Å². The van der Waals surface area contributed by atoms with E-state index in [4.69, 9.17) is 0 Å². The number of aromatic nitrogens is 1. The van der Waals surface area contributed by atoms with Crippen LogP contribution in [0.2, 0.25) is 0 Å². The van der Waals surface area contributed by atoms with Crippen molar-refractivity contribution in [2.75, 3.05) is 11.4 Å². The van der Waals surface area contributed by atoms with E-state index in [1.165, 1.54) is 13.0 Å². The van der Waals surface area contributed by atoms with Gasteiger partial charge >= 0.3 is 0 Å². The van der Waals surface area contributed by atoms with Crippen LogP contribution < -0.4 is 4.90 Å². The van der Waals surface area contributed by atoms with Gasteiger partial charge in [0.1, 0.15) is 0 Å². The van der Waals surface area contributed by atoms with Crippen molar-refractivity contribution in [3.8, 4) is 0 Å². The first-order chi connectivity index (χ1) is 5.27. The fourth-order valence-electron chi connectivity index (χ4n) is 1.18. The molecule has 2 nitrogen and oxygen atoms in total. The molecule has 1 aromatic rings. The molecule has 60 valence electrons. The molecule has 1 atom stereocenters. The maximum absolute atomic E-state index is 4.29. The molecule has 0 saturated carbocycles. The minimum absolute atomic E-state index is 0.688. The number of anilines is 1. The molecule has 0 aromatic carbocycles. The lowest BCUT2D eigenvalue weighted by Crippen LogP contribution is -2.45. The summed E-state index contributed by atoms with van der Waals surface area (Å²) in [4.78, 5) is 6.61. The summed E-state index contributed by atoms with van der Waals surface area (Å²) in [5, 5.41) is 1.15. The molecule has 1 aliphatic rings. The molecular weight excluding hydrogens is 224 g/mol. The highest BCUT2D eigenvalue weighted by Gasteiger charge is 2.25. The predicted molar refractivity (Wildman–Crippen MR) is 51.2 cm³/mol. The molecule has 0 amide bonds. The Hall–Kier alpha value is -0.0900. The van der Waals surface area contributed by atoms with Crippen LogP contribution in [0.4, 0.5) is 5.13 Å². The van der Waals surface area contributed by atoms with Crippen LogP contribution in [-0.2, 0) is 0 Å². The van der Waals surface area contributed by atoms with Gasteiger partial charge in [-0.05, 0) is 29.3 Å². The summed E-state index contributed by atoms with van der Waals surface area (Å²) in [6.45, 7) is 3.40. The van der Waals surface area contributed by atoms with E-state index in [0.29, 0.717) is 6.04 Å². The van der Waals surface area contributed by atoms with Crippen molar-refractivity contribution >= 4 is 32.4 Å². The van der Waals surface area contributed by atoms with Crippen LogP contribution in [0, 0.1) is 0 Å². The van der Waals surface area contributed by atoms with Crippen molar-refractivity contribution < 1.29 is 0 Å². The highest BCUT2D eigenvalue weighted by Crippen LogP contribution is 2.32. The van der Waals surface area contributed by atoms with E-state index in [1.807, 2.05) is 6.20 Å². The third kappa shape index (κ3) is 1.29. The van der Waals surface area contributed by atoms with Gasteiger partial charge in [-0.15, -0.1) is 0 Å². The SMILES string of the molecule is CC1CCN1c1ncc(Br)s1. The molecule has 0 radical (unpaired) electrons. The Morgan fingerprint density at radius 2 is 2.64 bits per heavy atom. The standard InChI is InChI=1S/C7H9BrN2S/c1-5-2-3-10(5)7-9-4-6(8)11-7/h4-5H,2-3H2,1H3. The van der Waals surface area contributed by atoms with Crippen LogP contribution >= 0.6 is 27.3 Å². The smallest absolute Gasteiger partial charge is 0.186 e. The van der Waals surface area contributed by atoms with Crippen LogP contribution in [0.3, 0.4) is 0 Å². The number of halogens is 1. The number of hydrogen-bond acceptors (Lipinski definition) is 3. The van der Waals surface area contributed by atoms with Crippen molar-refractivity contribution in [1.82, 2.24) is 4.98 Å². The van der Waals surface area contributed by atoms with Gasteiger partial charge in [0.05, 0.1) is 9.98 Å². The Morgan fingerprint density at radius 1 is 1.82 bits per heavy atom. The highest BCUT2D eigenvalue weighted by molar-refractivity contribution is 9.11. The lowest BCUT2D eigenvalue weighted by Gasteiger charge is -2.38. The maximum atomic E-state index is 4.29. The zero-order valence-corrected chi connectivity index (χ0v) is 8.65. The molecule has 1 aromatic heterocycles. The van der Waals surface area contributed by atoms with E-state index in [2.05, 4.69) is 32.7 Å². The van der Waals surface area contributed by atoms with E-state index in [9.17, 15) is 0 Å². The average molecular weight is 233 g/mol. The van der Waals surface area contributed by atoms with E-state index in [1.54, 1.807) is 11.3 Å². The number of rotatable bonds is 1. The van der Waals surface area contributed by atoms with Crippen LogP contribution in [0.1, 0.15) is 13.3 Å². The average Bonchev–Trinajstić information content (AvgIpc) is 2.33. The minimum Gasteiger partial charge on any atom is -0.345 e. The Bertz CT molecular complexity index is 261. The lowest BCUT2D eigenvalue weighted by atomic mass is 10.1. The van der Waals surface area contributed by atoms with Crippen LogP contribution in [-0.4, -0.2) is 17.6 Å². The van der Waals surface area contributed by atoms with Crippen molar-refractivity contribution in [3.63, 3.8) is 0 Å². The van der Waals surface area contributed by atoms with Gasteiger partial charge in [0, 0.05) is 12.6 Å². The topological polar surface area (TPSA) is 16.1 Å². The minimum atomic E-state index is 0.688. The normalized spacial score (nSPS) is 23.5. The van der Waals surface area contributed by atoms with Gasteiger partial charge in [-0.1, -0.05) is 11.3 Å². The Labute approximate surface area is 78.4 Å². The molecule has 1 fully saturated rings. The third-order valence-corrected chi connectivity index (χ3v) is 3.54. The Balaban J connectivity index is 2.16. The summed E-state index contributed by atoms with van der Waals surface area (Å²) in [6.07, 6.45) is 3.17. The molecule has 2 rings (SSSR count). The first-order valence-electron chi connectivity index (χ1n) is 3.65. The molecule has 0 aliphatic carbocycles. The van der Waals surface area contributed by atoms with E-state index in [-0.39, 0.29) is 0 Å². The number of nitrogens with zero attached hydrogens (tertiary/aromatic N) is 2. The second-order valence-corrected chi connectivity index (χ2v) is 5.17. The summed E-state index contributed by atoms with van der Waals surface area (Å²) in [5.41, 5.74) is 0. The highest BCUT2D eigenvalue weighted by atomic mass is 79.9. The van der Waals surface area contributed by atoms with Gasteiger partial charge in [-0.25, -0.2) is 4.98 Å². The van der Waals surface area contributed by atoms with Crippen molar-refractivity contribution in [1.29, 1.82) is 0 Å². The first kappa shape index (κ1) is 7.55. The summed E-state index contributed by atoms with van der Waals surface area (Å²) in [7, 11) is 0. The molecule has 11 heavy (non-hydrogen) atoms. The molecule has 1 unspecified atom stereocenters. The van der Waals surface area contributed by atoms with Gasteiger partial charge in [0.2, 0.25) is 0 Å². The van der Waals surface area contributed by atoms with Gasteiger partial charge in [0.25, 0.3) is 0 Å². The van der Waals surface area contributed by atoms with Gasteiger partial charge in [-0.2, -0.15) is 0 Å². The summed E-state index contributed by atoms with van der Waals surface area (Å²) < 4.78 is 1.12. The maximum Gasteiger partial charge on any atom is 0.186 e.